The number of rotatable bonds is 3. The van der Waals surface area contributed by atoms with Gasteiger partial charge in [0.25, 0.3) is 5.91 Å². The van der Waals surface area contributed by atoms with Crippen molar-refractivity contribution in [2.24, 2.45) is 5.84 Å². The Morgan fingerprint density at radius 2 is 1.93 bits per heavy atom. The van der Waals surface area contributed by atoms with E-state index in [9.17, 15) is 22.8 Å². The molecule has 0 aliphatic carbocycles. The van der Waals surface area contributed by atoms with Crippen molar-refractivity contribution in [3.63, 3.8) is 0 Å². The highest BCUT2D eigenvalue weighted by molar-refractivity contribution is 8.18. The van der Waals surface area contributed by atoms with Gasteiger partial charge >= 0.3 is 11.4 Å². The maximum Gasteiger partial charge on any atom is 0.416 e. The van der Waals surface area contributed by atoms with E-state index in [-0.39, 0.29) is 22.0 Å². The number of hydrogen-bond acceptors (Lipinski definition) is 5. The van der Waals surface area contributed by atoms with Gasteiger partial charge in [-0.15, -0.1) is 0 Å². The number of benzene rings is 2. The number of fused-ring (bicyclic) bond motifs is 1. The minimum atomic E-state index is -4.54. The van der Waals surface area contributed by atoms with Gasteiger partial charge in [-0.1, -0.05) is 23.7 Å². The van der Waals surface area contributed by atoms with Gasteiger partial charge in [-0.3, -0.25) is 14.3 Å². The SMILES string of the molecule is NN1C(=O)SC(=Cc2ccc3c(cnn3Cc3ccc(Cl)cc3C(F)(F)F)c2)C1=O. The Bertz CT molecular complexity index is 1220. The van der Waals surface area contributed by atoms with Gasteiger partial charge in [0.1, 0.15) is 0 Å². The highest BCUT2D eigenvalue weighted by Gasteiger charge is 2.34. The zero-order valence-corrected chi connectivity index (χ0v) is 16.6. The summed E-state index contributed by atoms with van der Waals surface area (Å²) in [5.74, 6) is 4.76. The molecule has 30 heavy (non-hydrogen) atoms. The molecule has 1 aliphatic heterocycles. The zero-order valence-electron chi connectivity index (χ0n) is 15.0. The summed E-state index contributed by atoms with van der Waals surface area (Å²) in [5, 5.41) is 4.83. The molecule has 1 aromatic heterocycles. The maximum absolute atomic E-state index is 13.3. The smallest absolute Gasteiger partial charge is 0.266 e. The van der Waals surface area contributed by atoms with E-state index >= 15 is 0 Å². The fourth-order valence-corrected chi connectivity index (χ4v) is 3.99. The van der Waals surface area contributed by atoms with E-state index in [1.54, 1.807) is 18.2 Å². The maximum atomic E-state index is 13.3. The van der Waals surface area contributed by atoms with Crippen molar-refractivity contribution < 1.29 is 22.8 Å². The third kappa shape index (κ3) is 3.81. The van der Waals surface area contributed by atoms with E-state index in [0.29, 0.717) is 21.5 Å². The van der Waals surface area contributed by atoms with Crippen LogP contribution < -0.4 is 5.84 Å². The molecule has 1 saturated heterocycles. The topological polar surface area (TPSA) is 81.2 Å². The molecule has 2 N–H and O–H groups in total. The van der Waals surface area contributed by atoms with Gasteiger partial charge in [0.05, 0.1) is 28.7 Å². The molecule has 0 atom stereocenters. The Morgan fingerprint density at radius 3 is 2.60 bits per heavy atom. The Labute approximate surface area is 177 Å². The molecule has 0 spiro atoms. The fraction of sp³-hybridized carbons (Fsp3) is 0.105. The van der Waals surface area contributed by atoms with Crippen molar-refractivity contribution in [2.75, 3.05) is 0 Å². The molecule has 0 radical (unpaired) electrons. The zero-order chi connectivity index (χ0) is 21.6. The van der Waals surface area contributed by atoms with E-state index < -0.39 is 22.9 Å². The van der Waals surface area contributed by atoms with Gasteiger partial charge in [0, 0.05) is 10.4 Å². The van der Waals surface area contributed by atoms with Gasteiger partial charge in [-0.05, 0) is 53.2 Å². The first kappa shape index (κ1) is 20.5. The summed E-state index contributed by atoms with van der Waals surface area (Å²) >= 11 is 6.46. The largest absolute Gasteiger partial charge is 0.416 e. The minimum Gasteiger partial charge on any atom is -0.266 e. The van der Waals surface area contributed by atoms with Gasteiger partial charge < -0.3 is 0 Å². The molecule has 0 saturated carbocycles. The van der Waals surface area contributed by atoms with Crippen LogP contribution in [0.3, 0.4) is 0 Å². The average molecular weight is 453 g/mol. The van der Waals surface area contributed by atoms with Crippen molar-refractivity contribution >= 4 is 51.5 Å². The van der Waals surface area contributed by atoms with Crippen LogP contribution >= 0.6 is 23.4 Å². The van der Waals surface area contributed by atoms with Crippen LogP contribution in [0.2, 0.25) is 5.02 Å². The highest BCUT2D eigenvalue weighted by atomic mass is 35.5. The van der Waals surface area contributed by atoms with Crippen LogP contribution in [-0.2, 0) is 17.5 Å². The Hall–Kier alpha value is -2.82. The van der Waals surface area contributed by atoms with Gasteiger partial charge in [0.2, 0.25) is 0 Å². The van der Waals surface area contributed by atoms with Crippen LogP contribution in [0.5, 0.6) is 0 Å². The van der Waals surface area contributed by atoms with Crippen molar-refractivity contribution in [2.45, 2.75) is 12.7 Å². The number of nitrogens with zero attached hydrogens (tertiary/aromatic N) is 3. The lowest BCUT2D eigenvalue weighted by Gasteiger charge is -2.14. The number of thioether (sulfide) groups is 1. The number of alkyl halides is 3. The molecule has 0 unspecified atom stereocenters. The molecule has 154 valence electrons. The molecular formula is C19H12ClF3N4O2S. The first-order chi connectivity index (χ1) is 14.1. The number of aromatic nitrogens is 2. The molecule has 1 fully saturated rings. The number of nitrogens with two attached hydrogens (primary N) is 1. The summed E-state index contributed by atoms with van der Waals surface area (Å²) in [6, 6.07) is 8.71. The number of hydrazine groups is 1. The number of carbonyl (C=O) groups is 2. The predicted octanol–water partition coefficient (Wildman–Crippen LogP) is 4.67. The number of halogens is 4. The van der Waals surface area contributed by atoms with E-state index in [0.717, 1.165) is 17.8 Å². The predicted molar refractivity (Wildman–Crippen MR) is 107 cm³/mol. The van der Waals surface area contributed by atoms with E-state index in [4.69, 9.17) is 17.4 Å². The van der Waals surface area contributed by atoms with Crippen molar-refractivity contribution in [3.05, 3.63) is 69.2 Å². The third-order valence-corrected chi connectivity index (χ3v) is 5.60. The molecule has 2 heterocycles. The summed E-state index contributed by atoms with van der Waals surface area (Å²) in [7, 11) is 0. The fourth-order valence-electron chi connectivity index (χ4n) is 3.06. The third-order valence-electron chi connectivity index (χ3n) is 4.48. The summed E-state index contributed by atoms with van der Waals surface area (Å²) in [6.45, 7) is -0.0963. The van der Waals surface area contributed by atoms with E-state index in [1.807, 2.05) is 0 Å². The second kappa shape index (κ2) is 7.46. The number of hydrogen-bond donors (Lipinski definition) is 1. The summed E-state index contributed by atoms with van der Waals surface area (Å²) < 4.78 is 41.5. The molecule has 6 nitrogen and oxygen atoms in total. The van der Waals surface area contributed by atoms with Crippen LogP contribution in [0.4, 0.5) is 18.0 Å². The van der Waals surface area contributed by atoms with Crippen LogP contribution in [0.25, 0.3) is 17.0 Å². The van der Waals surface area contributed by atoms with Crippen molar-refractivity contribution in [1.82, 2.24) is 14.8 Å². The normalized spacial score (nSPS) is 16.3. The molecule has 0 bridgehead atoms. The monoisotopic (exact) mass is 452 g/mol. The molecule has 3 aromatic rings. The highest BCUT2D eigenvalue weighted by Crippen LogP contribution is 2.35. The lowest BCUT2D eigenvalue weighted by molar-refractivity contribution is -0.138. The molecule has 2 aromatic carbocycles. The Kier molecular flexibility index (Phi) is 5.08. The molecule has 11 heteroatoms. The van der Waals surface area contributed by atoms with Crippen molar-refractivity contribution in [3.8, 4) is 0 Å². The van der Waals surface area contributed by atoms with Crippen LogP contribution in [-0.4, -0.2) is 25.9 Å². The van der Waals surface area contributed by atoms with Crippen LogP contribution in [0.15, 0.2) is 47.5 Å². The molecule has 1 aliphatic rings. The van der Waals surface area contributed by atoms with Crippen molar-refractivity contribution in [1.29, 1.82) is 0 Å². The number of amides is 2. The number of imide groups is 1. The van der Waals surface area contributed by atoms with Gasteiger partial charge in [-0.2, -0.15) is 18.3 Å². The van der Waals surface area contributed by atoms with E-state index in [2.05, 4.69) is 5.10 Å². The van der Waals surface area contributed by atoms with E-state index in [1.165, 1.54) is 29.1 Å². The summed E-state index contributed by atoms with van der Waals surface area (Å²) in [4.78, 5) is 23.6. The second-order valence-electron chi connectivity index (χ2n) is 6.47. The first-order valence-electron chi connectivity index (χ1n) is 8.47. The van der Waals surface area contributed by atoms with Gasteiger partial charge in [0.15, 0.2) is 0 Å². The average Bonchev–Trinajstić information content (AvgIpc) is 3.18. The minimum absolute atomic E-state index is 0.00272. The molecule has 4 rings (SSSR count). The molecular weight excluding hydrogens is 441 g/mol. The summed E-state index contributed by atoms with van der Waals surface area (Å²) in [6.07, 6.45) is -1.50. The second-order valence-corrected chi connectivity index (χ2v) is 7.90. The van der Waals surface area contributed by atoms with Gasteiger partial charge in [-0.25, -0.2) is 10.9 Å². The Morgan fingerprint density at radius 1 is 1.17 bits per heavy atom. The summed E-state index contributed by atoms with van der Waals surface area (Å²) in [5.41, 5.74) is 0.469. The van der Waals surface area contributed by atoms with Crippen LogP contribution in [0.1, 0.15) is 16.7 Å². The first-order valence-corrected chi connectivity index (χ1v) is 9.67. The lowest BCUT2D eigenvalue weighted by atomic mass is 10.1. The lowest BCUT2D eigenvalue weighted by Crippen LogP contribution is -2.34. The quantitative estimate of drug-likeness (QED) is 0.355. The standard InChI is InChI=1S/C19H12ClF3N4O2S/c20-13-3-2-11(14(7-13)19(21,22)23)9-26-15-4-1-10(5-12(15)8-25-26)6-16-17(28)27(24)18(29)30-16/h1-8H,9,24H2. The number of carbonyl (C=O) groups excluding carboxylic acids is 2. The molecule has 2 amide bonds. The Balaban J connectivity index is 1.66. The van der Waals surface area contributed by atoms with Crippen LogP contribution in [0, 0.1) is 0 Å².